The molecule has 182 valence electrons. The Morgan fingerprint density at radius 1 is 1.23 bits per heavy atom. The lowest BCUT2D eigenvalue weighted by Gasteiger charge is -2.17. The Hall–Kier alpha value is -2.98. The van der Waals surface area contributed by atoms with Crippen LogP contribution in [0.1, 0.15) is 18.1 Å². The van der Waals surface area contributed by atoms with E-state index in [4.69, 9.17) is 11.6 Å². The first kappa shape index (κ1) is 25.1. The average Bonchev–Trinajstić information content (AvgIpc) is 3.33. The molecule has 0 aliphatic heterocycles. The first-order chi connectivity index (χ1) is 16.3. The number of fused-ring (bicyclic) bond motifs is 1. The lowest BCUT2D eigenvalue weighted by Crippen LogP contribution is -2.42. The average molecular weight is 543 g/mol. The number of hydrogen-bond donors (Lipinski definition) is 1. The van der Waals surface area contributed by atoms with Crippen molar-refractivity contribution in [3.63, 3.8) is 0 Å². The summed E-state index contributed by atoms with van der Waals surface area (Å²) in [6.45, 7) is 2.26. The zero-order valence-corrected chi connectivity index (χ0v) is 20.4. The molecule has 1 aromatic carbocycles. The maximum Gasteiger partial charge on any atom is 0.404 e. The lowest BCUT2D eigenvalue weighted by atomic mass is 10.1. The van der Waals surface area contributed by atoms with Gasteiger partial charge in [-0.2, -0.15) is 23.2 Å². The van der Waals surface area contributed by atoms with Crippen molar-refractivity contribution in [2.75, 3.05) is 0 Å². The van der Waals surface area contributed by atoms with Gasteiger partial charge in [0, 0.05) is 11.6 Å². The van der Waals surface area contributed by atoms with E-state index in [9.17, 15) is 31.2 Å². The summed E-state index contributed by atoms with van der Waals surface area (Å²) in [7, 11) is -4.52. The molecule has 6 nitrogen and oxygen atoms in total. The van der Waals surface area contributed by atoms with E-state index in [-0.39, 0.29) is 17.0 Å². The molecule has 0 aliphatic rings. The topological polar surface area (TPSA) is 87.8 Å². The highest BCUT2D eigenvalue weighted by atomic mass is 35.5. The number of halogens is 5. The van der Waals surface area contributed by atoms with E-state index in [1.54, 1.807) is 34.4 Å². The molecule has 3 aromatic heterocycles. The van der Waals surface area contributed by atoms with E-state index in [1.165, 1.54) is 23.5 Å². The second kappa shape index (κ2) is 8.91. The molecule has 13 heteroatoms. The SMILES string of the molecule is Cc1cc2c(cc1F)c(C#N)c(-c1ccc(S(=O)(=O)NC(C)C(F)(F)F)cn1)n2-c1ccc(Cl)s1. The zero-order chi connectivity index (χ0) is 25.7. The van der Waals surface area contributed by atoms with E-state index in [0.29, 0.717) is 32.7 Å². The molecule has 0 fully saturated rings. The highest BCUT2D eigenvalue weighted by Crippen LogP contribution is 2.39. The summed E-state index contributed by atoms with van der Waals surface area (Å²) in [4.78, 5) is 3.65. The van der Waals surface area contributed by atoms with E-state index < -0.39 is 33.0 Å². The van der Waals surface area contributed by atoms with E-state index in [0.717, 1.165) is 12.3 Å². The fourth-order valence-corrected chi connectivity index (χ4v) is 5.69. The number of sulfonamides is 1. The van der Waals surface area contributed by atoms with Gasteiger partial charge in [-0.25, -0.2) is 12.8 Å². The molecule has 4 rings (SSSR count). The normalized spacial score (nSPS) is 13.2. The fourth-order valence-electron chi connectivity index (χ4n) is 3.47. The molecule has 0 bridgehead atoms. The lowest BCUT2D eigenvalue weighted by molar-refractivity contribution is -0.147. The summed E-state index contributed by atoms with van der Waals surface area (Å²) in [5, 5.41) is 10.8. The van der Waals surface area contributed by atoms with Gasteiger partial charge in [0.1, 0.15) is 27.8 Å². The molecule has 0 aliphatic carbocycles. The Balaban J connectivity index is 1.90. The van der Waals surface area contributed by atoms with E-state index in [2.05, 4.69) is 11.1 Å². The predicted molar refractivity (Wildman–Crippen MR) is 125 cm³/mol. The Morgan fingerprint density at radius 3 is 2.49 bits per heavy atom. The highest BCUT2D eigenvalue weighted by Gasteiger charge is 2.39. The van der Waals surface area contributed by atoms with Crippen LogP contribution in [-0.4, -0.2) is 30.2 Å². The number of rotatable bonds is 5. The molecular weight excluding hydrogens is 528 g/mol. The van der Waals surface area contributed by atoms with Gasteiger partial charge < -0.3 is 0 Å². The third-order valence-corrected chi connectivity index (χ3v) is 7.99. The molecule has 0 saturated carbocycles. The minimum absolute atomic E-state index is 0.0929. The summed E-state index contributed by atoms with van der Waals surface area (Å²) in [6, 6.07) is 8.28. The Kier molecular flexibility index (Phi) is 6.39. The molecule has 35 heavy (non-hydrogen) atoms. The maximum atomic E-state index is 14.4. The van der Waals surface area contributed by atoms with Gasteiger partial charge in [0.25, 0.3) is 0 Å². The number of nitriles is 1. The van der Waals surface area contributed by atoms with Crippen molar-refractivity contribution in [3.05, 3.63) is 63.9 Å². The number of aromatic nitrogens is 2. The van der Waals surface area contributed by atoms with Crippen molar-refractivity contribution in [1.29, 1.82) is 5.26 Å². The van der Waals surface area contributed by atoms with Crippen LogP contribution in [0.4, 0.5) is 17.6 Å². The molecule has 1 atom stereocenters. The highest BCUT2D eigenvalue weighted by molar-refractivity contribution is 7.89. The summed E-state index contributed by atoms with van der Waals surface area (Å²) in [5.41, 5.74) is 1.35. The van der Waals surface area contributed by atoms with Gasteiger partial charge in [0.2, 0.25) is 10.0 Å². The number of thiophene rings is 1. The molecule has 0 amide bonds. The minimum atomic E-state index is -4.77. The number of aryl methyl sites for hydroxylation is 1. The fraction of sp³-hybridized carbons (Fsp3) is 0.182. The van der Waals surface area contributed by atoms with Crippen molar-refractivity contribution in [2.24, 2.45) is 0 Å². The first-order valence-corrected chi connectivity index (χ1v) is 12.6. The second-order valence-corrected chi connectivity index (χ2v) is 11.0. The van der Waals surface area contributed by atoms with Crippen molar-refractivity contribution in [1.82, 2.24) is 14.3 Å². The van der Waals surface area contributed by atoms with Gasteiger partial charge in [-0.1, -0.05) is 11.6 Å². The number of nitrogens with zero attached hydrogens (tertiary/aromatic N) is 3. The number of benzene rings is 1. The van der Waals surface area contributed by atoms with Crippen LogP contribution in [0.5, 0.6) is 0 Å². The maximum absolute atomic E-state index is 14.4. The van der Waals surface area contributed by atoms with E-state index >= 15 is 0 Å². The standard InChI is InChI=1S/C22H15ClF4N4O2S2/c1-11-7-18-14(8-16(11)24)15(9-28)21(31(18)20-6-5-19(23)34-20)17-4-3-13(10-29-17)35(32,33)30-12(2)22(25,26)27/h3-8,10,12,30H,1-2H3. The van der Waals surface area contributed by atoms with Gasteiger partial charge in [0.05, 0.1) is 26.8 Å². The van der Waals surface area contributed by atoms with Gasteiger partial charge in [-0.15, -0.1) is 11.3 Å². The van der Waals surface area contributed by atoms with Gasteiger partial charge in [-0.05, 0) is 55.8 Å². The molecule has 1 N–H and O–H groups in total. The smallest absolute Gasteiger partial charge is 0.298 e. The monoisotopic (exact) mass is 542 g/mol. The molecule has 1 unspecified atom stereocenters. The summed E-state index contributed by atoms with van der Waals surface area (Å²) in [6.07, 6.45) is -3.87. The van der Waals surface area contributed by atoms with Crippen LogP contribution in [0.2, 0.25) is 4.34 Å². The third-order valence-electron chi connectivity index (χ3n) is 5.25. The number of alkyl halides is 3. The minimum Gasteiger partial charge on any atom is -0.298 e. The quantitative estimate of drug-likeness (QED) is 0.315. The van der Waals surface area contributed by atoms with Gasteiger partial charge >= 0.3 is 6.18 Å². The van der Waals surface area contributed by atoms with Crippen LogP contribution in [0, 0.1) is 24.1 Å². The summed E-state index contributed by atoms with van der Waals surface area (Å²) >= 11 is 7.31. The van der Waals surface area contributed by atoms with Crippen LogP contribution in [0.25, 0.3) is 27.3 Å². The molecule has 4 aromatic rings. The van der Waals surface area contributed by atoms with E-state index in [1.807, 2.05) is 0 Å². The second-order valence-electron chi connectivity index (χ2n) is 7.63. The van der Waals surface area contributed by atoms with Crippen molar-refractivity contribution in [3.8, 4) is 22.5 Å². The number of nitrogens with one attached hydrogen (secondary N) is 1. The first-order valence-electron chi connectivity index (χ1n) is 9.89. The Bertz CT molecular complexity index is 1590. The third kappa shape index (κ3) is 4.64. The van der Waals surface area contributed by atoms with Crippen LogP contribution in [0.3, 0.4) is 0 Å². The summed E-state index contributed by atoms with van der Waals surface area (Å²) < 4.78 is 81.3. The summed E-state index contributed by atoms with van der Waals surface area (Å²) in [5.74, 6) is -0.513. The Labute approximate surface area is 206 Å². The zero-order valence-electron chi connectivity index (χ0n) is 18.0. The number of pyridine rings is 1. The van der Waals surface area contributed by atoms with Crippen molar-refractivity contribution < 1.29 is 26.0 Å². The van der Waals surface area contributed by atoms with Crippen LogP contribution >= 0.6 is 22.9 Å². The molecule has 0 saturated heterocycles. The predicted octanol–water partition coefficient (Wildman–Crippen LogP) is 5.96. The molecular formula is C22H15ClF4N4O2S2. The van der Waals surface area contributed by atoms with Crippen LogP contribution in [0.15, 0.2) is 47.5 Å². The van der Waals surface area contributed by atoms with Crippen molar-refractivity contribution >= 4 is 43.9 Å². The van der Waals surface area contributed by atoms with Crippen LogP contribution < -0.4 is 4.72 Å². The molecule has 0 spiro atoms. The van der Waals surface area contributed by atoms with Gasteiger partial charge in [0.15, 0.2) is 0 Å². The largest absolute Gasteiger partial charge is 0.404 e. The van der Waals surface area contributed by atoms with Crippen molar-refractivity contribution in [2.45, 2.75) is 31.0 Å². The molecule has 0 radical (unpaired) electrons. The molecule has 3 heterocycles. The van der Waals surface area contributed by atoms with Crippen LogP contribution in [-0.2, 0) is 10.0 Å². The number of hydrogen-bond acceptors (Lipinski definition) is 5. The van der Waals surface area contributed by atoms with Gasteiger partial charge in [-0.3, -0.25) is 9.55 Å². The Morgan fingerprint density at radius 2 is 1.94 bits per heavy atom.